The number of sulfone groups is 1. The van der Waals surface area contributed by atoms with Gasteiger partial charge in [-0.05, 0) is 0 Å². The monoisotopic (exact) mass is 331 g/mol. The number of ether oxygens (including phenoxy) is 1. The van der Waals surface area contributed by atoms with Crippen LogP contribution in [0.3, 0.4) is 0 Å². The van der Waals surface area contributed by atoms with Crippen molar-refractivity contribution in [3.05, 3.63) is 18.0 Å². The standard InChI is InChI=1S/C13H25N5O3S/c1-14-13(15-5-6-21-7-8-22(4,19)20)17(2)10-12-9-16-18(3)11-12/h9,11H,5-8,10H2,1-4H3,(H,14,15). The molecule has 0 saturated carbocycles. The van der Waals surface area contributed by atoms with E-state index in [2.05, 4.69) is 15.4 Å². The molecule has 22 heavy (non-hydrogen) atoms. The number of nitrogens with one attached hydrogen (secondary N) is 1. The first-order valence-corrected chi connectivity index (χ1v) is 9.02. The van der Waals surface area contributed by atoms with E-state index in [1.807, 2.05) is 31.4 Å². The van der Waals surface area contributed by atoms with Crippen molar-refractivity contribution in [1.82, 2.24) is 20.0 Å². The highest BCUT2D eigenvalue weighted by molar-refractivity contribution is 7.90. The van der Waals surface area contributed by atoms with E-state index in [0.717, 1.165) is 11.5 Å². The number of aliphatic imine (C=N–C) groups is 1. The average Bonchev–Trinajstić information content (AvgIpc) is 2.82. The zero-order valence-corrected chi connectivity index (χ0v) is 14.4. The van der Waals surface area contributed by atoms with Gasteiger partial charge in [-0.1, -0.05) is 0 Å². The molecule has 0 saturated heterocycles. The van der Waals surface area contributed by atoms with Gasteiger partial charge in [0.2, 0.25) is 0 Å². The van der Waals surface area contributed by atoms with Crippen LogP contribution in [0.2, 0.25) is 0 Å². The summed E-state index contributed by atoms with van der Waals surface area (Å²) < 4.78 is 28.9. The van der Waals surface area contributed by atoms with Gasteiger partial charge < -0.3 is 15.0 Å². The zero-order chi connectivity index (χ0) is 16.6. The fourth-order valence-electron chi connectivity index (χ4n) is 1.83. The Morgan fingerprint density at radius 2 is 2.23 bits per heavy atom. The van der Waals surface area contributed by atoms with Crippen molar-refractivity contribution in [3.63, 3.8) is 0 Å². The van der Waals surface area contributed by atoms with Gasteiger partial charge in [-0.25, -0.2) is 8.42 Å². The summed E-state index contributed by atoms with van der Waals surface area (Å²) in [6.07, 6.45) is 4.97. The lowest BCUT2D eigenvalue weighted by atomic mass is 10.3. The minimum Gasteiger partial charge on any atom is -0.379 e. The largest absolute Gasteiger partial charge is 0.379 e. The van der Waals surface area contributed by atoms with Gasteiger partial charge in [0, 0.05) is 52.2 Å². The molecule has 0 amide bonds. The molecule has 1 rings (SSSR count). The molecule has 9 heteroatoms. The molecule has 1 N–H and O–H groups in total. The van der Waals surface area contributed by atoms with E-state index in [9.17, 15) is 8.42 Å². The van der Waals surface area contributed by atoms with Gasteiger partial charge in [0.15, 0.2) is 5.96 Å². The normalized spacial score (nSPS) is 12.5. The molecule has 1 heterocycles. The van der Waals surface area contributed by atoms with E-state index >= 15 is 0 Å². The summed E-state index contributed by atoms with van der Waals surface area (Å²) >= 11 is 0. The Labute approximate surface area is 132 Å². The minimum absolute atomic E-state index is 0.0443. The van der Waals surface area contributed by atoms with E-state index in [0.29, 0.717) is 19.7 Å². The van der Waals surface area contributed by atoms with Crippen LogP contribution in [0, 0.1) is 0 Å². The molecule has 0 spiro atoms. The molecular weight excluding hydrogens is 306 g/mol. The van der Waals surface area contributed by atoms with Crippen LogP contribution in [0.5, 0.6) is 0 Å². The number of hydrogen-bond donors (Lipinski definition) is 1. The van der Waals surface area contributed by atoms with Crippen LogP contribution in [0.1, 0.15) is 5.56 Å². The van der Waals surface area contributed by atoms with Gasteiger partial charge in [-0.2, -0.15) is 5.10 Å². The SMILES string of the molecule is CN=C(NCCOCCS(C)(=O)=O)N(C)Cc1cnn(C)c1. The number of nitrogens with zero attached hydrogens (tertiary/aromatic N) is 4. The maximum absolute atomic E-state index is 11.0. The Bertz CT molecular complexity index is 582. The lowest BCUT2D eigenvalue weighted by molar-refractivity contribution is 0.153. The van der Waals surface area contributed by atoms with Crippen LogP contribution < -0.4 is 5.32 Å². The minimum atomic E-state index is -2.96. The fraction of sp³-hybridized carbons (Fsp3) is 0.692. The lowest BCUT2D eigenvalue weighted by Crippen LogP contribution is -2.40. The summed E-state index contributed by atoms with van der Waals surface area (Å²) in [5, 5.41) is 7.30. The maximum Gasteiger partial charge on any atom is 0.193 e. The molecule has 0 atom stereocenters. The van der Waals surface area contributed by atoms with Gasteiger partial charge >= 0.3 is 0 Å². The van der Waals surface area contributed by atoms with E-state index < -0.39 is 9.84 Å². The van der Waals surface area contributed by atoms with Crippen molar-refractivity contribution < 1.29 is 13.2 Å². The Kier molecular flexibility index (Phi) is 7.33. The number of hydrogen-bond acceptors (Lipinski definition) is 5. The molecule has 126 valence electrons. The van der Waals surface area contributed by atoms with Crippen LogP contribution in [0.25, 0.3) is 0 Å². The summed E-state index contributed by atoms with van der Waals surface area (Å²) in [5.74, 6) is 0.790. The Morgan fingerprint density at radius 3 is 2.77 bits per heavy atom. The van der Waals surface area contributed by atoms with Crippen molar-refractivity contribution in [2.45, 2.75) is 6.54 Å². The third-order valence-electron chi connectivity index (χ3n) is 2.88. The highest BCUT2D eigenvalue weighted by Crippen LogP contribution is 2.01. The first-order chi connectivity index (χ1) is 10.3. The average molecular weight is 331 g/mol. The molecule has 0 fully saturated rings. The Hall–Kier alpha value is -1.61. The maximum atomic E-state index is 11.0. The van der Waals surface area contributed by atoms with Gasteiger partial charge in [-0.15, -0.1) is 0 Å². The smallest absolute Gasteiger partial charge is 0.193 e. The van der Waals surface area contributed by atoms with Crippen LogP contribution in [0.4, 0.5) is 0 Å². The number of aromatic nitrogens is 2. The van der Waals surface area contributed by atoms with Crippen molar-refractivity contribution in [2.24, 2.45) is 12.0 Å². The highest BCUT2D eigenvalue weighted by atomic mass is 32.2. The van der Waals surface area contributed by atoms with Crippen molar-refractivity contribution in [3.8, 4) is 0 Å². The zero-order valence-electron chi connectivity index (χ0n) is 13.6. The number of guanidine groups is 1. The van der Waals surface area contributed by atoms with Gasteiger partial charge in [-0.3, -0.25) is 9.67 Å². The Balaban J connectivity index is 2.27. The second-order valence-electron chi connectivity index (χ2n) is 5.09. The Morgan fingerprint density at radius 1 is 1.50 bits per heavy atom. The van der Waals surface area contributed by atoms with Gasteiger partial charge in [0.25, 0.3) is 0 Å². The molecule has 1 aromatic heterocycles. The van der Waals surface area contributed by atoms with E-state index in [4.69, 9.17) is 4.74 Å². The third-order valence-corrected chi connectivity index (χ3v) is 3.79. The highest BCUT2D eigenvalue weighted by Gasteiger charge is 2.07. The van der Waals surface area contributed by atoms with Crippen molar-refractivity contribution >= 4 is 15.8 Å². The van der Waals surface area contributed by atoms with Crippen molar-refractivity contribution in [2.75, 3.05) is 45.9 Å². The molecule has 0 aromatic carbocycles. The van der Waals surface area contributed by atoms with E-state index in [-0.39, 0.29) is 12.4 Å². The van der Waals surface area contributed by atoms with Gasteiger partial charge in [0.05, 0.1) is 25.2 Å². The van der Waals surface area contributed by atoms with E-state index in [1.165, 1.54) is 6.26 Å². The second-order valence-corrected chi connectivity index (χ2v) is 7.35. The second kappa shape index (κ2) is 8.74. The lowest BCUT2D eigenvalue weighted by Gasteiger charge is -2.21. The van der Waals surface area contributed by atoms with E-state index in [1.54, 1.807) is 11.7 Å². The predicted octanol–water partition coefficient (Wildman–Crippen LogP) is -0.511. The van der Waals surface area contributed by atoms with Crippen LogP contribution in [-0.4, -0.2) is 74.9 Å². The molecule has 0 aliphatic rings. The fourth-order valence-corrected chi connectivity index (χ4v) is 2.25. The molecular formula is C13H25N5O3S. The number of rotatable bonds is 8. The molecule has 0 radical (unpaired) electrons. The molecule has 0 aliphatic carbocycles. The summed E-state index contributed by atoms with van der Waals surface area (Å²) in [6, 6.07) is 0. The molecule has 1 aromatic rings. The summed E-state index contributed by atoms with van der Waals surface area (Å²) in [5.41, 5.74) is 1.09. The van der Waals surface area contributed by atoms with Crippen LogP contribution in [0.15, 0.2) is 17.4 Å². The first-order valence-electron chi connectivity index (χ1n) is 6.96. The topological polar surface area (TPSA) is 88.8 Å². The van der Waals surface area contributed by atoms with Crippen molar-refractivity contribution in [1.29, 1.82) is 0 Å². The summed E-state index contributed by atoms with van der Waals surface area (Å²) in [4.78, 5) is 6.18. The quantitative estimate of drug-likeness (QED) is 0.392. The molecule has 8 nitrogen and oxygen atoms in total. The van der Waals surface area contributed by atoms with Gasteiger partial charge in [0.1, 0.15) is 9.84 Å². The number of aryl methyl sites for hydroxylation is 1. The molecule has 0 aliphatic heterocycles. The summed E-state index contributed by atoms with van der Waals surface area (Å²) in [6.45, 7) is 1.90. The van der Waals surface area contributed by atoms with Crippen LogP contribution in [-0.2, 0) is 28.2 Å². The molecule has 0 bridgehead atoms. The third kappa shape index (κ3) is 7.41. The summed E-state index contributed by atoms with van der Waals surface area (Å²) in [7, 11) is 2.57. The first kappa shape index (κ1) is 18.4. The molecule has 0 unspecified atom stereocenters. The van der Waals surface area contributed by atoms with Crippen LogP contribution >= 0.6 is 0 Å². The predicted molar refractivity (Wildman–Crippen MR) is 86.6 cm³/mol.